The molecule has 0 aromatic rings. The Morgan fingerprint density at radius 3 is 1.80 bits per heavy atom. The lowest BCUT2D eigenvalue weighted by atomic mass is 10.0. The molecule has 0 heterocycles. The molecule has 1 amide bonds. The van der Waals surface area contributed by atoms with Gasteiger partial charge in [0.2, 0.25) is 5.91 Å². The van der Waals surface area contributed by atoms with Crippen molar-refractivity contribution in [3.8, 4) is 0 Å². The molecule has 0 bridgehead atoms. The summed E-state index contributed by atoms with van der Waals surface area (Å²) in [4.78, 5) is 47.7. The van der Waals surface area contributed by atoms with Gasteiger partial charge in [0.05, 0.1) is 13.5 Å². The fraction of sp³-hybridized carbons (Fsp3) is 0.875. The first-order valence-corrected chi connectivity index (χ1v) is 17.3. The Bertz CT molecular complexity index is 674. The van der Waals surface area contributed by atoms with Gasteiger partial charge in [-0.1, -0.05) is 104 Å². The van der Waals surface area contributed by atoms with Crippen LogP contribution in [0.25, 0.3) is 0 Å². The van der Waals surface area contributed by atoms with Crippen molar-refractivity contribution < 1.29 is 33.4 Å². The van der Waals surface area contributed by atoms with Crippen molar-refractivity contribution in [1.29, 1.82) is 0 Å². The lowest BCUT2D eigenvalue weighted by Crippen LogP contribution is -2.30. The maximum atomic E-state index is 12.5. The molecule has 41 heavy (non-hydrogen) atoms. The zero-order valence-corrected chi connectivity index (χ0v) is 27.1. The Morgan fingerprint density at radius 1 is 0.659 bits per heavy atom. The molecule has 0 rings (SSSR count). The van der Waals surface area contributed by atoms with Gasteiger partial charge in [-0.25, -0.2) is 0 Å². The summed E-state index contributed by atoms with van der Waals surface area (Å²) in [5.74, 6) is -0.159. The standard InChI is InChI=1S/C32H59NO7S/c1-4-6-8-10-12-13-15-16-18-20-28(40-30(35)21-19-17-14-11-9-7-5-2)26-31(36)39-23-25-41-24-22-29(34)33-27-32(37)38-3/h28H,4-27H2,1-3H3,(H,33,34). The summed E-state index contributed by atoms with van der Waals surface area (Å²) < 4.78 is 15.6. The molecular formula is C32H59NO7S. The van der Waals surface area contributed by atoms with E-state index in [1.807, 2.05) is 0 Å². The number of ether oxygens (including phenoxy) is 3. The van der Waals surface area contributed by atoms with Gasteiger partial charge in [0.15, 0.2) is 0 Å². The monoisotopic (exact) mass is 601 g/mol. The van der Waals surface area contributed by atoms with Crippen LogP contribution in [0.3, 0.4) is 0 Å². The number of amides is 1. The number of methoxy groups -OCH3 is 1. The van der Waals surface area contributed by atoms with E-state index in [-0.39, 0.29) is 43.8 Å². The third-order valence-corrected chi connectivity index (χ3v) is 7.88. The largest absolute Gasteiger partial charge is 0.468 e. The molecule has 0 saturated carbocycles. The van der Waals surface area contributed by atoms with E-state index >= 15 is 0 Å². The maximum Gasteiger partial charge on any atom is 0.325 e. The Hall–Kier alpha value is -1.77. The number of unbranched alkanes of at least 4 members (excludes halogenated alkanes) is 14. The first kappa shape index (κ1) is 39.2. The molecule has 0 aromatic carbocycles. The average molecular weight is 602 g/mol. The summed E-state index contributed by atoms with van der Waals surface area (Å²) in [7, 11) is 1.27. The lowest BCUT2D eigenvalue weighted by Gasteiger charge is -2.17. The van der Waals surface area contributed by atoms with E-state index in [1.165, 1.54) is 89.5 Å². The van der Waals surface area contributed by atoms with E-state index in [0.29, 0.717) is 24.3 Å². The number of carbonyl (C=O) groups is 4. The zero-order valence-electron chi connectivity index (χ0n) is 26.3. The highest BCUT2D eigenvalue weighted by Gasteiger charge is 2.19. The van der Waals surface area contributed by atoms with Crippen LogP contribution in [0.4, 0.5) is 0 Å². The highest BCUT2D eigenvalue weighted by atomic mass is 32.2. The van der Waals surface area contributed by atoms with Crippen molar-refractivity contribution in [1.82, 2.24) is 5.32 Å². The van der Waals surface area contributed by atoms with Gasteiger partial charge in [0.1, 0.15) is 19.3 Å². The minimum Gasteiger partial charge on any atom is -0.468 e. The predicted octanol–water partition coefficient (Wildman–Crippen LogP) is 7.31. The van der Waals surface area contributed by atoms with Crippen LogP contribution in [0, 0.1) is 0 Å². The van der Waals surface area contributed by atoms with Crippen molar-refractivity contribution in [3.05, 3.63) is 0 Å². The molecule has 0 radical (unpaired) electrons. The molecule has 0 aliphatic carbocycles. The number of esters is 3. The fourth-order valence-electron chi connectivity index (χ4n) is 4.41. The molecule has 1 unspecified atom stereocenters. The quantitative estimate of drug-likeness (QED) is 0.0540. The van der Waals surface area contributed by atoms with E-state index < -0.39 is 12.1 Å². The van der Waals surface area contributed by atoms with E-state index in [9.17, 15) is 19.2 Å². The van der Waals surface area contributed by atoms with E-state index in [4.69, 9.17) is 9.47 Å². The van der Waals surface area contributed by atoms with Crippen molar-refractivity contribution in [2.45, 2.75) is 148 Å². The van der Waals surface area contributed by atoms with Crippen LogP contribution in [0.1, 0.15) is 142 Å². The molecule has 8 nitrogen and oxygen atoms in total. The number of hydrogen-bond acceptors (Lipinski definition) is 8. The van der Waals surface area contributed by atoms with Gasteiger partial charge in [0, 0.05) is 24.3 Å². The third-order valence-electron chi connectivity index (χ3n) is 6.93. The normalized spacial score (nSPS) is 11.6. The van der Waals surface area contributed by atoms with Crippen LogP contribution < -0.4 is 5.32 Å². The van der Waals surface area contributed by atoms with Crippen LogP contribution in [0.15, 0.2) is 0 Å². The van der Waals surface area contributed by atoms with Crippen LogP contribution in [0.5, 0.6) is 0 Å². The van der Waals surface area contributed by atoms with Crippen molar-refractivity contribution in [2.24, 2.45) is 0 Å². The number of nitrogens with one attached hydrogen (secondary N) is 1. The topological polar surface area (TPSA) is 108 Å². The molecule has 0 saturated heterocycles. The van der Waals surface area contributed by atoms with Crippen molar-refractivity contribution in [3.63, 3.8) is 0 Å². The Balaban J connectivity index is 4.29. The van der Waals surface area contributed by atoms with E-state index in [0.717, 1.165) is 32.1 Å². The van der Waals surface area contributed by atoms with Crippen molar-refractivity contribution >= 4 is 35.6 Å². The predicted molar refractivity (Wildman–Crippen MR) is 167 cm³/mol. The Labute approximate surface area is 254 Å². The fourth-order valence-corrected chi connectivity index (χ4v) is 5.15. The first-order valence-electron chi connectivity index (χ1n) is 16.2. The Kier molecular flexibility index (Phi) is 28.4. The molecular weight excluding hydrogens is 542 g/mol. The van der Waals surface area contributed by atoms with Gasteiger partial charge >= 0.3 is 17.9 Å². The number of thioether (sulfide) groups is 1. The van der Waals surface area contributed by atoms with Gasteiger partial charge < -0.3 is 19.5 Å². The highest BCUT2D eigenvalue weighted by molar-refractivity contribution is 7.99. The number of carbonyl (C=O) groups excluding carboxylic acids is 4. The molecule has 0 aromatic heterocycles. The van der Waals surface area contributed by atoms with Crippen LogP contribution in [-0.2, 0) is 33.4 Å². The first-order chi connectivity index (χ1) is 19.9. The van der Waals surface area contributed by atoms with E-state index in [1.54, 1.807) is 0 Å². The van der Waals surface area contributed by atoms with Gasteiger partial charge in [0.25, 0.3) is 0 Å². The van der Waals surface area contributed by atoms with Gasteiger partial charge in [-0.05, 0) is 19.3 Å². The lowest BCUT2D eigenvalue weighted by molar-refractivity contribution is -0.155. The second kappa shape index (κ2) is 29.7. The van der Waals surface area contributed by atoms with Gasteiger partial charge in [-0.2, -0.15) is 11.8 Å². The molecule has 1 atom stereocenters. The number of rotatable bonds is 29. The van der Waals surface area contributed by atoms with Crippen molar-refractivity contribution in [2.75, 3.05) is 31.8 Å². The average Bonchev–Trinajstić information content (AvgIpc) is 2.96. The smallest absolute Gasteiger partial charge is 0.325 e. The highest BCUT2D eigenvalue weighted by Crippen LogP contribution is 2.16. The van der Waals surface area contributed by atoms with Gasteiger partial charge in [-0.15, -0.1) is 0 Å². The summed E-state index contributed by atoms with van der Waals surface area (Å²) in [6, 6.07) is 0. The van der Waals surface area contributed by atoms with Crippen LogP contribution in [-0.4, -0.2) is 61.7 Å². The molecule has 0 spiro atoms. The zero-order chi connectivity index (χ0) is 30.4. The second-order valence-corrected chi connectivity index (χ2v) is 12.0. The molecule has 0 aliphatic heterocycles. The molecule has 0 aliphatic rings. The summed E-state index contributed by atoms with van der Waals surface area (Å²) in [5, 5.41) is 2.49. The molecule has 0 fully saturated rings. The van der Waals surface area contributed by atoms with E-state index in [2.05, 4.69) is 23.9 Å². The summed E-state index contributed by atoms with van der Waals surface area (Å²) >= 11 is 1.50. The molecule has 1 N–H and O–H groups in total. The summed E-state index contributed by atoms with van der Waals surface area (Å²) in [5.41, 5.74) is 0. The molecule has 9 heteroatoms. The summed E-state index contributed by atoms with van der Waals surface area (Å²) in [6.45, 7) is 4.54. The van der Waals surface area contributed by atoms with Crippen LogP contribution >= 0.6 is 11.8 Å². The SMILES string of the molecule is CCCCCCCCCCCC(CC(=O)OCCSCCC(=O)NCC(=O)OC)OC(=O)CCCCCCCCC. The number of hydrogen-bond donors (Lipinski definition) is 1. The minimum absolute atomic E-state index is 0.0837. The minimum atomic E-state index is -0.488. The second-order valence-electron chi connectivity index (χ2n) is 10.7. The van der Waals surface area contributed by atoms with Crippen LogP contribution in [0.2, 0.25) is 0 Å². The summed E-state index contributed by atoms with van der Waals surface area (Å²) in [6.07, 6.45) is 19.9. The Morgan fingerprint density at radius 2 is 1.22 bits per heavy atom. The maximum absolute atomic E-state index is 12.5. The third kappa shape index (κ3) is 28.1. The molecule has 240 valence electrons. The van der Waals surface area contributed by atoms with Gasteiger partial charge in [-0.3, -0.25) is 19.2 Å².